The Morgan fingerprint density at radius 2 is 2.11 bits per heavy atom. The maximum atomic E-state index is 13.0. The lowest BCUT2D eigenvalue weighted by Gasteiger charge is -2.31. The number of nitrogens with one attached hydrogen (secondary N) is 1. The third-order valence-electron chi connectivity index (χ3n) is 2.81. The van der Waals surface area contributed by atoms with Crippen molar-refractivity contribution >= 4 is 18.3 Å². The van der Waals surface area contributed by atoms with Gasteiger partial charge < -0.3 is 11.1 Å². The maximum Gasteiger partial charge on any atom is 0.251 e. The van der Waals surface area contributed by atoms with Gasteiger partial charge in [-0.15, -0.1) is 12.4 Å². The van der Waals surface area contributed by atoms with Crippen LogP contribution in [0, 0.1) is 11.7 Å². The number of hydrogen-bond acceptors (Lipinski definition) is 2. The average molecular weight is 289 g/mol. The van der Waals surface area contributed by atoms with Crippen LogP contribution in [-0.2, 0) is 0 Å². The third-order valence-corrected chi connectivity index (χ3v) is 2.81. The van der Waals surface area contributed by atoms with E-state index in [1.165, 1.54) is 18.2 Å². The van der Waals surface area contributed by atoms with Gasteiger partial charge in [0.1, 0.15) is 5.82 Å². The molecule has 1 amide bonds. The van der Waals surface area contributed by atoms with Crippen molar-refractivity contribution in [2.24, 2.45) is 11.7 Å². The Kier molecular flexibility index (Phi) is 7.01. The summed E-state index contributed by atoms with van der Waals surface area (Å²) < 4.78 is 13.0. The highest BCUT2D eigenvalue weighted by atomic mass is 35.5. The maximum absolute atomic E-state index is 13.0. The molecule has 0 spiro atoms. The van der Waals surface area contributed by atoms with Crippen molar-refractivity contribution in [1.82, 2.24) is 5.32 Å². The Morgan fingerprint density at radius 1 is 1.47 bits per heavy atom. The fourth-order valence-corrected chi connectivity index (χ4v) is 2.06. The molecule has 0 saturated heterocycles. The average Bonchev–Trinajstić information content (AvgIpc) is 2.27. The van der Waals surface area contributed by atoms with Gasteiger partial charge >= 0.3 is 0 Å². The molecule has 5 heteroatoms. The SMILES string of the molecule is CC(C)CC(C)(CN)NC(=O)c1cccc(F)c1.Cl. The van der Waals surface area contributed by atoms with Crippen LogP contribution in [0.2, 0.25) is 0 Å². The minimum atomic E-state index is -0.461. The van der Waals surface area contributed by atoms with Gasteiger partial charge in [-0.2, -0.15) is 0 Å². The van der Waals surface area contributed by atoms with Crippen molar-refractivity contribution in [3.8, 4) is 0 Å². The van der Waals surface area contributed by atoms with Crippen LogP contribution in [-0.4, -0.2) is 18.0 Å². The third kappa shape index (κ3) is 5.57. The summed E-state index contributed by atoms with van der Waals surface area (Å²) in [5.41, 5.74) is 5.58. The molecule has 0 heterocycles. The van der Waals surface area contributed by atoms with Gasteiger partial charge in [-0.05, 0) is 37.5 Å². The second kappa shape index (κ2) is 7.46. The zero-order valence-corrected chi connectivity index (χ0v) is 12.4. The molecule has 0 saturated carbocycles. The Balaban J connectivity index is 0.00000324. The predicted molar refractivity (Wildman–Crippen MR) is 78.0 cm³/mol. The standard InChI is InChI=1S/C14H21FN2O.ClH/c1-10(2)8-14(3,9-16)17-13(18)11-5-4-6-12(15)7-11;/h4-7,10H,8-9,16H2,1-3H3,(H,17,18);1H. The number of amides is 1. The number of benzene rings is 1. The summed E-state index contributed by atoms with van der Waals surface area (Å²) in [6.45, 7) is 6.40. The molecule has 1 rings (SSSR count). The first-order valence-corrected chi connectivity index (χ1v) is 6.14. The van der Waals surface area contributed by atoms with E-state index in [2.05, 4.69) is 19.2 Å². The van der Waals surface area contributed by atoms with Crippen LogP contribution in [0.5, 0.6) is 0 Å². The minimum Gasteiger partial charge on any atom is -0.346 e. The molecule has 0 fully saturated rings. The van der Waals surface area contributed by atoms with Gasteiger partial charge in [0.2, 0.25) is 0 Å². The second-order valence-electron chi connectivity index (χ2n) is 5.33. The number of hydrogen-bond donors (Lipinski definition) is 2. The van der Waals surface area contributed by atoms with E-state index < -0.39 is 11.4 Å². The first-order valence-electron chi connectivity index (χ1n) is 6.14. The molecular weight excluding hydrogens is 267 g/mol. The molecular formula is C14H22ClFN2O. The molecule has 0 aliphatic carbocycles. The van der Waals surface area contributed by atoms with Gasteiger partial charge in [-0.25, -0.2) is 4.39 Å². The molecule has 1 atom stereocenters. The van der Waals surface area contributed by atoms with Crippen molar-refractivity contribution in [3.63, 3.8) is 0 Å². The monoisotopic (exact) mass is 288 g/mol. The molecule has 108 valence electrons. The van der Waals surface area contributed by atoms with Crippen molar-refractivity contribution in [2.75, 3.05) is 6.54 Å². The van der Waals surface area contributed by atoms with E-state index >= 15 is 0 Å². The molecule has 1 aromatic rings. The smallest absolute Gasteiger partial charge is 0.251 e. The fourth-order valence-electron chi connectivity index (χ4n) is 2.06. The normalized spacial score (nSPS) is 13.6. The molecule has 0 bridgehead atoms. The van der Waals surface area contributed by atoms with Crippen molar-refractivity contribution in [2.45, 2.75) is 32.7 Å². The van der Waals surface area contributed by atoms with Crippen LogP contribution >= 0.6 is 12.4 Å². The van der Waals surface area contributed by atoms with Crippen LogP contribution in [0.15, 0.2) is 24.3 Å². The highest BCUT2D eigenvalue weighted by Crippen LogP contribution is 2.16. The van der Waals surface area contributed by atoms with Crippen molar-refractivity contribution in [3.05, 3.63) is 35.6 Å². The van der Waals surface area contributed by atoms with E-state index in [0.29, 0.717) is 18.0 Å². The highest BCUT2D eigenvalue weighted by molar-refractivity contribution is 5.94. The van der Waals surface area contributed by atoms with E-state index in [4.69, 9.17) is 5.73 Å². The molecule has 19 heavy (non-hydrogen) atoms. The summed E-state index contributed by atoms with van der Waals surface area (Å²) in [4.78, 5) is 12.0. The Morgan fingerprint density at radius 3 is 2.58 bits per heavy atom. The molecule has 1 aromatic carbocycles. The zero-order chi connectivity index (χ0) is 13.8. The number of halogens is 2. The van der Waals surface area contributed by atoms with Gasteiger partial charge in [0.15, 0.2) is 0 Å². The molecule has 0 radical (unpaired) electrons. The van der Waals surface area contributed by atoms with Crippen molar-refractivity contribution < 1.29 is 9.18 Å². The van der Waals surface area contributed by atoms with Crippen LogP contribution in [0.1, 0.15) is 37.6 Å². The number of carbonyl (C=O) groups is 1. The first kappa shape index (κ1) is 17.9. The molecule has 3 N–H and O–H groups in total. The number of nitrogens with two attached hydrogens (primary N) is 1. The lowest BCUT2D eigenvalue weighted by molar-refractivity contribution is 0.0898. The number of rotatable bonds is 5. The second-order valence-corrected chi connectivity index (χ2v) is 5.33. The molecule has 1 unspecified atom stereocenters. The van der Waals surface area contributed by atoms with E-state index in [9.17, 15) is 9.18 Å². The lowest BCUT2D eigenvalue weighted by Crippen LogP contribution is -2.52. The van der Waals surface area contributed by atoms with Crippen LogP contribution in [0.4, 0.5) is 4.39 Å². The lowest BCUT2D eigenvalue weighted by atomic mass is 9.90. The summed E-state index contributed by atoms with van der Waals surface area (Å²) in [6, 6.07) is 5.64. The predicted octanol–water partition coefficient (Wildman–Crippen LogP) is 2.74. The van der Waals surface area contributed by atoms with Gasteiger partial charge in [0.25, 0.3) is 5.91 Å². The van der Waals surface area contributed by atoms with Crippen LogP contribution in [0.25, 0.3) is 0 Å². The van der Waals surface area contributed by atoms with E-state index in [1.54, 1.807) is 6.07 Å². The quantitative estimate of drug-likeness (QED) is 0.875. The van der Waals surface area contributed by atoms with E-state index in [0.717, 1.165) is 6.42 Å². The zero-order valence-electron chi connectivity index (χ0n) is 11.6. The Labute approximate surface area is 120 Å². The molecule has 3 nitrogen and oxygen atoms in total. The van der Waals surface area contributed by atoms with Crippen molar-refractivity contribution in [1.29, 1.82) is 0 Å². The van der Waals surface area contributed by atoms with Gasteiger partial charge in [-0.1, -0.05) is 19.9 Å². The summed E-state index contributed by atoms with van der Waals surface area (Å²) in [6.07, 6.45) is 0.782. The fraction of sp³-hybridized carbons (Fsp3) is 0.500. The summed E-state index contributed by atoms with van der Waals surface area (Å²) in [7, 11) is 0. The Bertz CT molecular complexity index is 426. The summed E-state index contributed by atoms with van der Waals surface area (Å²) in [5.74, 6) is -0.282. The van der Waals surface area contributed by atoms with Crippen LogP contribution < -0.4 is 11.1 Å². The topological polar surface area (TPSA) is 55.1 Å². The molecule has 0 aliphatic rings. The number of carbonyl (C=O) groups excluding carboxylic acids is 1. The van der Waals surface area contributed by atoms with Crippen LogP contribution in [0.3, 0.4) is 0 Å². The summed E-state index contributed by atoms with van der Waals surface area (Å²) in [5, 5.41) is 2.89. The van der Waals surface area contributed by atoms with E-state index in [1.807, 2.05) is 6.92 Å². The minimum absolute atomic E-state index is 0. The van der Waals surface area contributed by atoms with Gasteiger partial charge in [-0.3, -0.25) is 4.79 Å². The highest BCUT2D eigenvalue weighted by Gasteiger charge is 2.26. The largest absolute Gasteiger partial charge is 0.346 e. The van der Waals surface area contributed by atoms with Gasteiger partial charge in [0, 0.05) is 17.6 Å². The summed E-state index contributed by atoms with van der Waals surface area (Å²) >= 11 is 0. The Hall–Kier alpha value is -1.13. The van der Waals surface area contributed by atoms with E-state index in [-0.39, 0.29) is 18.3 Å². The molecule has 0 aromatic heterocycles. The van der Waals surface area contributed by atoms with Gasteiger partial charge in [0.05, 0.1) is 0 Å². The first-order chi connectivity index (χ1) is 8.36. The molecule has 0 aliphatic heterocycles.